The van der Waals surface area contributed by atoms with Crippen LogP contribution in [0.1, 0.15) is 31.0 Å². The van der Waals surface area contributed by atoms with Gasteiger partial charge in [-0.25, -0.2) is 0 Å². The predicted octanol–water partition coefficient (Wildman–Crippen LogP) is 1.14. The van der Waals surface area contributed by atoms with Gasteiger partial charge in [0.25, 0.3) is 0 Å². The van der Waals surface area contributed by atoms with Crippen molar-refractivity contribution in [3.63, 3.8) is 0 Å². The van der Waals surface area contributed by atoms with E-state index in [0.29, 0.717) is 0 Å². The largest absolute Gasteiger partial charge is 0.392 e. The van der Waals surface area contributed by atoms with Crippen molar-refractivity contribution >= 4 is 0 Å². The molecule has 1 aromatic rings. The number of aryl methyl sites for hydroxylation is 2. The van der Waals surface area contributed by atoms with Crippen LogP contribution in [0.5, 0.6) is 0 Å². The zero-order chi connectivity index (χ0) is 9.64. The molecule has 0 aliphatic heterocycles. The minimum absolute atomic E-state index is 0.0261. The lowest BCUT2D eigenvalue weighted by atomic mass is 9.91. The third kappa shape index (κ3) is 1.18. The first-order valence-corrected chi connectivity index (χ1v) is 4.75. The van der Waals surface area contributed by atoms with Gasteiger partial charge in [0.2, 0.25) is 0 Å². The third-order valence-electron chi connectivity index (χ3n) is 3.14. The Kier molecular flexibility index (Phi) is 1.74. The summed E-state index contributed by atoms with van der Waals surface area (Å²) in [5.74, 6) is 0. The summed E-state index contributed by atoms with van der Waals surface area (Å²) in [6, 6.07) is 0. The van der Waals surface area contributed by atoms with Crippen molar-refractivity contribution in [2.24, 2.45) is 7.05 Å². The number of aliphatic hydroxyl groups is 1. The van der Waals surface area contributed by atoms with E-state index in [0.717, 1.165) is 18.5 Å². The SMILES string of the molecule is Cc1nn(C)cc1C1(C(C)O)CC1. The number of rotatable bonds is 2. The molecule has 1 aliphatic rings. The second-order valence-corrected chi connectivity index (χ2v) is 4.13. The standard InChI is InChI=1S/C10H16N2O/c1-7-9(6-12(3)11-7)10(4-5-10)8(2)13/h6,8,13H,4-5H2,1-3H3. The van der Waals surface area contributed by atoms with Gasteiger partial charge in [-0.3, -0.25) is 4.68 Å². The molecule has 72 valence electrons. The smallest absolute Gasteiger partial charge is 0.0632 e. The maximum atomic E-state index is 9.69. The molecule has 1 saturated carbocycles. The highest BCUT2D eigenvalue weighted by Crippen LogP contribution is 2.51. The van der Waals surface area contributed by atoms with E-state index in [1.165, 1.54) is 5.56 Å². The maximum Gasteiger partial charge on any atom is 0.0632 e. The molecule has 1 unspecified atom stereocenters. The minimum atomic E-state index is -0.254. The fourth-order valence-electron chi connectivity index (χ4n) is 2.14. The van der Waals surface area contributed by atoms with E-state index in [-0.39, 0.29) is 11.5 Å². The summed E-state index contributed by atoms with van der Waals surface area (Å²) in [5, 5.41) is 14.0. The first-order valence-electron chi connectivity index (χ1n) is 4.75. The second kappa shape index (κ2) is 2.58. The number of hydrogen-bond donors (Lipinski definition) is 1. The summed E-state index contributed by atoms with van der Waals surface area (Å²) in [7, 11) is 1.93. The van der Waals surface area contributed by atoms with E-state index in [2.05, 4.69) is 5.10 Å². The van der Waals surface area contributed by atoms with Crippen molar-refractivity contribution in [2.75, 3.05) is 0 Å². The van der Waals surface area contributed by atoms with Gasteiger partial charge >= 0.3 is 0 Å². The van der Waals surface area contributed by atoms with Gasteiger partial charge in [-0.15, -0.1) is 0 Å². The lowest BCUT2D eigenvalue weighted by Gasteiger charge is -2.17. The molecule has 2 rings (SSSR count). The van der Waals surface area contributed by atoms with E-state index in [9.17, 15) is 5.11 Å². The summed E-state index contributed by atoms with van der Waals surface area (Å²) in [6.45, 7) is 3.89. The van der Waals surface area contributed by atoms with E-state index in [4.69, 9.17) is 0 Å². The zero-order valence-corrected chi connectivity index (χ0v) is 8.41. The molecule has 0 aromatic carbocycles. The first-order chi connectivity index (χ1) is 6.06. The van der Waals surface area contributed by atoms with Gasteiger partial charge in [-0.2, -0.15) is 5.10 Å². The molecule has 0 amide bonds. The summed E-state index contributed by atoms with van der Waals surface area (Å²) in [4.78, 5) is 0. The average Bonchev–Trinajstić information content (AvgIpc) is 2.75. The Morgan fingerprint density at radius 1 is 1.62 bits per heavy atom. The molecule has 1 N–H and O–H groups in total. The molecular weight excluding hydrogens is 164 g/mol. The third-order valence-corrected chi connectivity index (χ3v) is 3.14. The van der Waals surface area contributed by atoms with Crippen molar-refractivity contribution in [1.82, 2.24) is 9.78 Å². The number of nitrogens with zero attached hydrogens (tertiary/aromatic N) is 2. The van der Waals surface area contributed by atoms with E-state index < -0.39 is 0 Å². The molecule has 13 heavy (non-hydrogen) atoms. The van der Waals surface area contributed by atoms with Gasteiger partial charge in [-0.1, -0.05) is 0 Å². The van der Waals surface area contributed by atoms with Crippen LogP contribution in [0.15, 0.2) is 6.20 Å². The number of aromatic nitrogens is 2. The lowest BCUT2D eigenvalue weighted by Crippen LogP contribution is -2.22. The highest BCUT2D eigenvalue weighted by Gasteiger charge is 2.50. The second-order valence-electron chi connectivity index (χ2n) is 4.13. The molecule has 0 bridgehead atoms. The van der Waals surface area contributed by atoms with Crippen LogP contribution in [0.3, 0.4) is 0 Å². The Bertz CT molecular complexity index is 324. The minimum Gasteiger partial charge on any atom is -0.392 e. The van der Waals surface area contributed by atoms with Crippen LogP contribution in [-0.2, 0) is 12.5 Å². The maximum absolute atomic E-state index is 9.69. The first kappa shape index (κ1) is 8.75. The van der Waals surface area contributed by atoms with Gasteiger partial charge in [-0.05, 0) is 26.7 Å². The molecule has 0 saturated heterocycles. The van der Waals surface area contributed by atoms with Gasteiger partial charge < -0.3 is 5.11 Å². The molecule has 1 atom stereocenters. The van der Waals surface area contributed by atoms with E-state index >= 15 is 0 Å². The van der Waals surface area contributed by atoms with Crippen LogP contribution in [0.4, 0.5) is 0 Å². The fourth-order valence-corrected chi connectivity index (χ4v) is 2.14. The quantitative estimate of drug-likeness (QED) is 0.741. The number of aliphatic hydroxyl groups excluding tert-OH is 1. The molecule has 0 spiro atoms. The van der Waals surface area contributed by atoms with Gasteiger partial charge in [0.05, 0.1) is 11.8 Å². The van der Waals surface area contributed by atoms with Crippen LogP contribution in [0, 0.1) is 6.92 Å². The van der Waals surface area contributed by atoms with E-state index in [1.807, 2.05) is 31.8 Å². The molecular formula is C10H16N2O. The Labute approximate surface area is 78.4 Å². The highest BCUT2D eigenvalue weighted by molar-refractivity contribution is 5.34. The summed E-state index contributed by atoms with van der Waals surface area (Å²) in [6.07, 6.45) is 3.97. The highest BCUT2D eigenvalue weighted by atomic mass is 16.3. The zero-order valence-electron chi connectivity index (χ0n) is 8.41. The molecule has 3 heteroatoms. The summed E-state index contributed by atoms with van der Waals surface area (Å²) in [5.41, 5.74) is 2.31. The van der Waals surface area contributed by atoms with Crippen molar-refractivity contribution in [3.8, 4) is 0 Å². The molecule has 1 heterocycles. The van der Waals surface area contributed by atoms with E-state index in [1.54, 1.807) is 0 Å². The summed E-state index contributed by atoms with van der Waals surface area (Å²) < 4.78 is 1.83. The molecule has 0 radical (unpaired) electrons. The van der Waals surface area contributed by atoms with Crippen molar-refractivity contribution in [2.45, 2.75) is 38.2 Å². The van der Waals surface area contributed by atoms with Gasteiger partial charge in [0.15, 0.2) is 0 Å². The average molecular weight is 180 g/mol. The molecule has 3 nitrogen and oxygen atoms in total. The molecule has 1 aromatic heterocycles. The normalized spacial score (nSPS) is 21.5. The van der Waals surface area contributed by atoms with Crippen LogP contribution in [0.25, 0.3) is 0 Å². The Balaban J connectivity index is 2.40. The molecule has 1 fully saturated rings. The van der Waals surface area contributed by atoms with Gasteiger partial charge in [0.1, 0.15) is 0 Å². The van der Waals surface area contributed by atoms with Crippen LogP contribution in [0.2, 0.25) is 0 Å². The number of hydrogen-bond acceptors (Lipinski definition) is 2. The Morgan fingerprint density at radius 2 is 2.23 bits per heavy atom. The Morgan fingerprint density at radius 3 is 2.54 bits per heavy atom. The fraction of sp³-hybridized carbons (Fsp3) is 0.700. The van der Waals surface area contributed by atoms with Crippen LogP contribution < -0.4 is 0 Å². The summed E-state index contributed by atoms with van der Waals surface area (Å²) >= 11 is 0. The monoisotopic (exact) mass is 180 g/mol. The van der Waals surface area contributed by atoms with Crippen molar-refractivity contribution < 1.29 is 5.11 Å². The van der Waals surface area contributed by atoms with Crippen molar-refractivity contribution in [3.05, 3.63) is 17.5 Å². The topological polar surface area (TPSA) is 38.0 Å². The predicted molar refractivity (Wildman–Crippen MR) is 50.5 cm³/mol. The van der Waals surface area contributed by atoms with Crippen LogP contribution in [-0.4, -0.2) is 21.0 Å². The lowest BCUT2D eigenvalue weighted by molar-refractivity contribution is 0.150. The molecule has 1 aliphatic carbocycles. The Hall–Kier alpha value is -0.830. The van der Waals surface area contributed by atoms with Crippen molar-refractivity contribution in [1.29, 1.82) is 0 Å². The van der Waals surface area contributed by atoms with Gasteiger partial charge in [0, 0.05) is 24.2 Å². The van der Waals surface area contributed by atoms with Crippen LogP contribution >= 0.6 is 0 Å².